The van der Waals surface area contributed by atoms with Crippen LogP contribution in [0.25, 0.3) is 0 Å². The van der Waals surface area contributed by atoms with Crippen molar-refractivity contribution in [2.24, 2.45) is 0 Å². The number of carbonyl (C=O) groups excluding carboxylic acids is 1. The number of rotatable bonds is 5. The second-order valence-corrected chi connectivity index (χ2v) is 4.94. The third-order valence-corrected chi connectivity index (χ3v) is 3.70. The summed E-state index contributed by atoms with van der Waals surface area (Å²) in [5.41, 5.74) is 0. The number of alkyl halides is 1. The molecule has 0 N–H and O–H groups in total. The minimum Gasteiger partial charge on any atom is -0.372 e. The fraction of sp³-hybridized carbons (Fsp3) is 0.917. The fourth-order valence-electron chi connectivity index (χ4n) is 2.05. The molecule has 0 radical (unpaired) electrons. The number of ether oxygens (including phenoxy) is 1. The average Bonchev–Trinajstić information content (AvgIpc) is 2.54. The minimum atomic E-state index is 0.153. The first-order chi connectivity index (χ1) is 7.79. The van der Waals surface area contributed by atoms with Crippen LogP contribution in [0.4, 0.5) is 0 Å². The fourth-order valence-corrected chi connectivity index (χ4v) is 2.73. The Hall–Kier alpha value is -0.0900. The van der Waals surface area contributed by atoms with Gasteiger partial charge >= 0.3 is 0 Å². The highest BCUT2D eigenvalue weighted by Gasteiger charge is 2.24. The monoisotopic (exact) mass is 291 g/mol. The molecule has 16 heavy (non-hydrogen) atoms. The number of hydrogen-bond acceptors (Lipinski definition) is 2. The number of nitrogens with zero attached hydrogens (tertiary/aromatic N) is 1. The first-order valence-corrected chi connectivity index (χ1v) is 7.35. The van der Waals surface area contributed by atoms with Crippen molar-refractivity contribution in [3.8, 4) is 0 Å². The Morgan fingerprint density at radius 2 is 2.25 bits per heavy atom. The van der Waals surface area contributed by atoms with E-state index in [0.29, 0.717) is 12.6 Å². The van der Waals surface area contributed by atoms with Gasteiger partial charge in [-0.25, -0.2) is 0 Å². The lowest BCUT2D eigenvalue weighted by atomic mass is 10.1. The SMILES string of the molecule is CCCOCC(=O)N1CCCCCC1CBr. The lowest BCUT2D eigenvalue weighted by Crippen LogP contribution is -2.42. The van der Waals surface area contributed by atoms with E-state index in [-0.39, 0.29) is 12.5 Å². The molecule has 1 atom stereocenters. The number of hydrogen-bond donors (Lipinski definition) is 0. The van der Waals surface area contributed by atoms with Crippen molar-refractivity contribution in [1.82, 2.24) is 4.90 Å². The maximum absolute atomic E-state index is 12.0. The molecule has 1 aliphatic heterocycles. The molecule has 0 aromatic carbocycles. The van der Waals surface area contributed by atoms with Gasteiger partial charge in [0.2, 0.25) is 5.91 Å². The summed E-state index contributed by atoms with van der Waals surface area (Å²) in [6.07, 6.45) is 5.68. The molecule has 1 heterocycles. The van der Waals surface area contributed by atoms with Gasteiger partial charge in [-0.3, -0.25) is 4.79 Å². The second-order valence-electron chi connectivity index (χ2n) is 4.30. The van der Waals surface area contributed by atoms with Crippen molar-refractivity contribution in [3.05, 3.63) is 0 Å². The summed E-state index contributed by atoms with van der Waals surface area (Å²) in [6, 6.07) is 0.361. The summed E-state index contributed by atoms with van der Waals surface area (Å²) in [5, 5.41) is 0.881. The number of likely N-dealkylation sites (tertiary alicyclic amines) is 1. The first-order valence-electron chi connectivity index (χ1n) is 6.22. The third-order valence-electron chi connectivity index (χ3n) is 2.95. The maximum atomic E-state index is 12.0. The molecule has 4 heteroatoms. The molecule has 0 saturated carbocycles. The number of carbonyl (C=O) groups is 1. The predicted octanol–water partition coefficient (Wildman–Crippen LogP) is 2.58. The van der Waals surface area contributed by atoms with Crippen LogP contribution in [0.1, 0.15) is 39.0 Å². The third kappa shape index (κ3) is 4.42. The molecule has 94 valence electrons. The molecular weight excluding hydrogens is 270 g/mol. The van der Waals surface area contributed by atoms with E-state index >= 15 is 0 Å². The molecule has 0 spiro atoms. The Labute approximate surface area is 107 Å². The zero-order chi connectivity index (χ0) is 11.8. The van der Waals surface area contributed by atoms with Crippen LogP contribution in [0.3, 0.4) is 0 Å². The van der Waals surface area contributed by atoms with E-state index < -0.39 is 0 Å². The molecule has 3 nitrogen and oxygen atoms in total. The zero-order valence-electron chi connectivity index (χ0n) is 10.1. The predicted molar refractivity (Wildman–Crippen MR) is 68.9 cm³/mol. The number of halogens is 1. The number of amides is 1. The van der Waals surface area contributed by atoms with Gasteiger partial charge in [-0.15, -0.1) is 0 Å². The minimum absolute atomic E-state index is 0.153. The van der Waals surface area contributed by atoms with E-state index in [0.717, 1.165) is 31.1 Å². The van der Waals surface area contributed by atoms with E-state index in [1.54, 1.807) is 0 Å². The second kappa shape index (κ2) is 8.07. The smallest absolute Gasteiger partial charge is 0.248 e. The topological polar surface area (TPSA) is 29.5 Å². The van der Waals surface area contributed by atoms with E-state index in [4.69, 9.17) is 4.74 Å². The summed E-state index contributed by atoms with van der Waals surface area (Å²) in [4.78, 5) is 14.0. The van der Waals surface area contributed by atoms with E-state index in [9.17, 15) is 4.79 Å². The molecule has 0 aromatic rings. The van der Waals surface area contributed by atoms with Gasteiger partial charge in [0.1, 0.15) is 6.61 Å². The van der Waals surface area contributed by atoms with Crippen LogP contribution in [0, 0.1) is 0 Å². The quantitative estimate of drug-likeness (QED) is 0.576. The van der Waals surface area contributed by atoms with E-state index in [2.05, 4.69) is 22.9 Å². The Balaban J connectivity index is 2.42. The summed E-state index contributed by atoms with van der Waals surface area (Å²) in [5.74, 6) is 0.153. The van der Waals surface area contributed by atoms with Gasteiger partial charge < -0.3 is 9.64 Å². The van der Waals surface area contributed by atoms with Gasteiger partial charge in [0.25, 0.3) is 0 Å². The van der Waals surface area contributed by atoms with Gasteiger partial charge in [0.15, 0.2) is 0 Å². The Bertz CT molecular complexity index is 211. The van der Waals surface area contributed by atoms with Crippen LogP contribution in [0.15, 0.2) is 0 Å². The lowest BCUT2D eigenvalue weighted by Gasteiger charge is -2.28. The van der Waals surface area contributed by atoms with Crippen LogP contribution >= 0.6 is 15.9 Å². The normalized spacial score (nSPS) is 21.9. The van der Waals surface area contributed by atoms with Crippen LogP contribution in [0.2, 0.25) is 0 Å². The Kier molecular flexibility index (Phi) is 7.05. The van der Waals surface area contributed by atoms with Gasteiger partial charge in [-0.1, -0.05) is 35.7 Å². The van der Waals surface area contributed by atoms with Crippen LogP contribution in [-0.2, 0) is 9.53 Å². The van der Waals surface area contributed by atoms with Gasteiger partial charge in [0.05, 0.1) is 0 Å². The van der Waals surface area contributed by atoms with Crippen molar-refractivity contribution in [3.63, 3.8) is 0 Å². The van der Waals surface area contributed by atoms with Gasteiger partial charge in [-0.05, 0) is 19.3 Å². The van der Waals surface area contributed by atoms with Crippen LogP contribution in [0.5, 0.6) is 0 Å². The molecule has 0 bridgehead atoms. The lowest BCUT2D eigenvalue weighted by molar-refractivity contribution is -0.138. The van der Waals surface area contributed by atoms with Crippen molar-refractivity contribution >= 4 is 21.8 Å². The highest BCUT2D eigenvalue weighted by Crippen LogP contribution is 2.18. The average molecular weight is 292 g/mol. The molecule has 1 unspecified atom stereocenters. The van der Waals surface area contributed by atoms with E-state index in [1.807, 2.05) is 4.90 Å². The molecule has 1 saturated heterocycles. The highest BCUT2D eigenvalue weighted by atomic mass is 79.9. The molecule has 1 rings (SSSR count). The summed E-state index contributed by atoms with van der Waals surface area (Å²) >= 11 is 3.50. The molecule has 1 amide bonds. The van der Waals surface area contributed by atoms with Gasteiger partial charge in [0, 0.05) is 24.5 Å². The molecule has 1 fully saturated rings. The highest BCUT2D eigenvalue weighted by molar-refractivity contribution is 9.09. The molecule has 0 aliphatic carbocycles. The molecular formula is C12H22BrNO2. The Morgan fingerprint density at radius 1 is 1.44 bits per heavy atom. The van der Waals surface area contributed by atoms with Gasteiger partial charge in [-0.2, -0.15) is 0 Å². The van der Waals surface area contributed by atoms with Crippen molar-refractivity contribution < 1.29 is 9.53 Å². The van der Waals surface area contributed by atoms with E-state index in [1.165, 1.54) is 12.8 Å². The van der Waals surface area contributed by atoms with Crippen molar-refractivity contribution in [2.45, 2.75) is 45.1 Å². The first kappa shape index (κ1) is 14.0. The summed E-state index contributed by atoms with van der Waals surface area (Å²) in [7, 11) is 0. The summed E-state index contributed by atoms with van der Waals surface area (Å²) < 4.78 is 5.32. The maximum Gasteiger partial charge on any atom is 0.248 e. The van der Waals surface area contributed by atoms with Crippen molar-refractivity contribution in [1.29, 1.82) is 0 Å². The largest absolute Gasteiger partial charge is 0.372 e. The molecule has 1 aliphatic rings. The van der Waals surface area contributed by atoms with Crippen LogP contribution < -0.4 is 0 Å². The van der Waals surface area contributed by atoms with Crippen molar-refractivity contribution in [2.75, 3.05) is 25.1 Å². The summed E-state index contributed by atoms with van der Waals surface area (Å²) in [6.45, 7) is 3.87. The van der Waals surface area contributed by atoms with Crippen LogP contribution in [-0.4, -0.2) is 41.9 Å². The standard InChI is InChI=1S/C12H22BrNO2/c1-2-8-16-10-12(15)14-7-5-3-4-6-11(14)9-13/h11H,2-10H2,1H3. The Morgan fingerprint density at radius 3 is 2.94 bits per heavy atom. The zero-order valence-corrected chi connectivity index (χ0v) is 11.7. The molecule has 0 aromatic heterocycles.